The summed E-state index contributed by atoms with van der Waals surface area (Å²) in [6, 6.07) is 7.86. The van der Waals surface area contributed by atoms with E-state index in [-0.39, 0.29) is 17.4 Å². The first-order chi connectivity index (χ1) is 13.1. The Hall–Kier alpha value is -1.85. The van der Waals surface area contributed by atoms with Crippen LogP contribution in [0.5, 0.6) is 0 Å². The first-order valence-corrected chi connectivity index (χ1v) is 10.3. The van der Waals surface area contributed by atoms with E-state index in [0.717, 1.165) is 44.3 Å². The highest BCUT2D eigenvalue weighted by Gasteiger charge is 2.59. The van der Waals surface area contributed by atoms with Gasteiger partial charge in [-0.15, -0.1) is 0 Å². The van der Waals surface area contributed by atoms with Gasteiger partial charge in [0.1, 0.15) is 0 Å². The van der Waals surface area contributed by atoms with E-state index in [9.17, 15) is 9.90 Å². The van der Waals surface area contributed by atoms with Crippen molar-refractivity contribution in [3.8, 4) is 0 Å². The average molecular weight is 368 g/mol. The van der Waals surface area contributed by atoms with Crippen molar-refractivity contribution >= 4 is 16.9 Å². The highest BCUT2D eigenvalue weighted by Crippen LogP contribution is 2.59. The molecule has 3 aliphatic heterocycles. The van der Waals surface area contributed by atoms with E-state index in [0.29, 0.717) is 6.61 Å². The first-order valence-electron chi connectivity index (χ1n) is 10.3. The van der Waals surface area contributed by atoms with Gasteiger partial charge in [0.15, 0.2) is 6.04 Å². The fourth-order valence-corrected chi connectivity index (χ4v) is 6.20. The molecule has 0 bridgehead atoms. The molecule has 1 saturated heterocycles. The zero-order chi connectivity index (χ0) is 18.8. The third-order valence-corrected chi connectivity index (χ3v) is 7.32. The molecule has 1 fully saturated rings. The van der Waals surface area contributed by atoms with E-state index < -0.39 is 12.1 Å². The van der Waals surface area contributed by atoms with Gasteiger partial charge in [0.05, 0.1) is 18.8 Å². The smallest absolute Gasteiger partial charge is 0.331 e. The molecule has 27 heavy (non-hydrogen) atoms. The van der Waals surface area contributed by atoms with Crippen LogP contribution in [0.15, 0.2) is 24.3 Å². The Morgan fingerprint density at radius 3 is 2.89 bits per heavy atom. The Kier molecular flexibility index (Phi) is 3.89. The second-order valence-electron chi connectivity index (χ2n) is 8.27. The molecule has 4 atom stereocenters. The van der Waals surface area contributed by atoms with E-state index >= 15 is 0 Å². The van der Waals surface area contributed by atoms with Gasteiger partial charge < -0.3 is 14.4 Å². The van der Waals surface area contributed by atoms with Crippen LogP contribution in [0.2, 0.25) is 0 Å². The van der Waals surface area contributed by atoms with Crippen molar-refractivity contribution in [2.75, 3.05) is 19.7 Å². The van der Waals surface area contributed by atoms with Crippen LogP contribution in [0.1, 0.15) is 56.5 Å². The summed E-state index contributed by atoms with van der Waals surface area (Å²) in [5, 5.41) is 12.8. The molecule has 1 aromatic carbocycles. The van der Waals surface area contributed by atoms with Crippen LogP contribution >= 0.6 is 0 Å². The summed E-state index contributed by atoms with van der Waals surface area (Å²) in [5.74, 6) is -0.303. The van der Waals surface area contributed by atoms with Crippen LogP contribution < -0.4 is 0 Å². The van der Waals surface area contributed by atoms with Gasteiger partial charge in [0, 0.05) is 28.6 Å². The molecule has 144 valence electrons. The molecule has 5 rings (SSSR count). The fourth-order valence-electron chi connectivity index (χ4n) is 6.20. The zero-order valence-corrected chi connectivity index (χ0v) is 16.1. The molecule has 1 N–H and O–H groups in total. The normalized spacial score (nSPS) is 32.3. The number of nitrogens with zero attached hydrogens (tertiary/aromatic N) is 2. The number of aliphatic hydroxyl groups excluding tert-OH is 1. The van der Waals surface area contributed by atoms with Gasteiger partial charge in [0.2, 0.25) is 0 Å². The third kappa shape index (κ3) is 2.10. The van der Waals surface area contributed by atoms with E-state index in [4.69, 9.17) is 4.74 Å². The van der Waals surface area contributed by atoms with Crippen molar-refractivity contribution in [2.24, 2.45) is 5.41 Å². The minimum atomic E-state index is -0.733. The summed E-state index contributed by atoms with van der Waals surface area (Å²) in [4.78, 5) is 15.6. The lowest BCUT2D eigenvalue weighted by molar-refractivity contribution is -0.167. The Labute approximate surface area is 159 Å². The molecule has 2 aromatic rings. The number of carbonyl (C=O) groups excluding carboxylic acids is 1. The number of aromatic nitrogens is 1. The number of para-hydroxylation sites is 1. The van der Waals surface area contributed by atoms with Gasteiger partial charge in [-0.05, 0) is 50.8 Å². The lowest BCUT2D eigenvalue weighted by Crippen LogP contribution is -2.60. The quantitative estimate of drug-likeness (QED) is 0.846. The topological polar surface area (TPSA) is 54.7 Å². The second kappa shape index (κ2) is 6.08. The maximum atomic E-state index is 13.0. The van der Waals surface area contributed by atoms with Crippen molar-refractivity contribution in [2.45, 2.75) is 57.7 Å². The molecule has 4 unspecified atom stereocenters. The van der Waals surface area contributed by atoms with Crippen molar-refractivity contribution in [3.63, 3.8) is 0 Å². The number of piperidine rings is 1. The van der Waals surface area contributed by atoms with Crippen LogP contribution in [-0.2, 0) is 16.0 Å². The van der Waals surface area contributed by atoms with Crippen molar-refractivity contribution in [1.29, 1.82) is 0 Å². The molecule has 0 amide bonds. The van der Waals surface area contributed by atoms with Crippen LogP contribution in [0, 0.1) is 5.41 Å². The van der Waals surface area contributed by atoms with E-state index in [2.05, 4.69) is 34.6 Å². The molecular formula is C22H28N2O3. The average Bonchev–Trinajstić information content (AvgIpc) is 3.02. The van der Waals surface area contributed by atoms with E-state index in [1.807, 2.05) is 13.0 Å². The summed E-state index contributed by atoms with van der Waals surface area (Å²) < 4.78 is 7.58. The number of ether oxygens (including phenoxy) is 1. The maximum Gasteiger partial charge on any atom is 0.331 e. The van der Waals surface area contributed by atoms with Gasteiger partial charge in [-0.1, -0.05) is 25.1 Å². The number of carbonyl (C=O) groups is 1. The summed E-state index contributed by atoms with van der Waals surface area (Å²) >= 11 is 0. The number of aliphatic hydroxyl groups is 1. The van der Waals surface area contributed by atoms with Crippen LogP contribution in [0.4, 0.5) is 0 Å². The lowest BCUT2D eigenvalue weighted by atomic mass is 9.61. The second-order valence-corrected chi connectivity index (χ2v) is 8.27. The third-order valence-electron chi connectivity index (χ3n) is 7.32. The monoisotopic (exact) mass is 368 g/mol. The largest absolute Gasteiger partial charge is 0.464 e. The Morgan fingerprint density at radius 2 is 2.11 bits per heavy atom. The van der Waals surface area contributed by atoms with Crippen molar-refractivity contribution in [1.82, 2.24) is 9.47 Å². The van der Waals surface area contributed by atoms with Crippen molar-refractivity contribution < 1.29 is 14.6 Å². The molecule has 0 spiro atoms. The van der Waals surface area contributed by atoms with Gasteiger partial charge in [-0.2, -0.15) is 0 Å². The molecule has 0 saturated carbocycles. The number of rotatable bonds is 3. The summed E-state index contributed by atoms with van der Waals surface area (Å²) in [7, 11) is 0. The molecule has 0 radical (unpaired) electrons. The molecule has 1 aromatic heterocycles. The van der Waals surface area contributed by atoms with Crippen LogP contribution in [0.25, 0.3) is 10.9 Å². The number of benzene rings is 1. The predicted molar refractivity (Wildman–Crippen MR) is 104 cm³/mol. The molecule has 5 heteroatoms. The standard InChI is InChI=1S/C22H28N2O3/c1-3-22-11-7-12-23-13-10-15-14-8-5-6-9-16(14)24(17(15)19(22)23)18(20(22)25)21(26)27-4-2/h5-6,8-9,18-20,25H,3-4,7,10-13H2,1-2H3. The first kappa shape index (κ1) is 17.3. The van der Waals surface area contributed by atoms with E-state index in [1.165, 1.54) is 16.6 Å². The molecule has 3 aliphatic rings. The van der Waals surface area contributed by atoms with Gasteiger partial charge in [-0.25, -0.2) is 4.79 Å². The van der Waals surface area contributed by atoms with E-state index in [1.54, 1.807) is 0 Å². The molecule has 5 nitrogen and oxygen atoms in total. The highest BCUT2D eigenvalue weighted by atomic mass is 16.5. The number of fused-ring (bicyclic) bond motifs is 3. The Balaban J connectivity index is 1.84. The van der Waals surface area contributed by atoms with Gasteiger partial charge in [-0.3, -0.25) is 4.90 Å². The predicted octanol–water partition coefficient (Wildman–Crippen LogP) is 3.21. The van der Waals surface area contributed by atoms with Gasteiger partial charge in [0.25, 0.3) is 0 Å². The van der Waals surface area contributed by atoms with Crippen molar-refractivity contribution in [3.05, 3.63) is 35.5 Å². The van der Waals surface area contributed by atoms with Gasteiger partial charge >= 0.3 is 5.97 Å². The number of esters is 1. The summed E-state index contributed by atoms with van der Waals surface area (Å²) in [5.41, 5.74) is 3.40. The minimum absolute atomic E-state index is 0.188. The molecular weight excluding hydrogens is 340 g/mol. The lowest BCUT2D eigenvalue weighted by Gasteiger charge is -2.58. The zero-order valence-electron chi connectivity index (χ0n) is 16.1. The number of hydrogen-bond acceptors (Lipinski definition) is 4. The summed E-state index contributed by atoms with van der Waals surface area (Å²) in [6.07, 6.45) is 3.18. The Morgan fingerprint density at radius 1 is 1.30 bits per heavy atom. The SMILES string of the molecule is CCOC(=O)C1C(O)C2(CC)CCCN3CCc4c(n1c1ccccc41)C32. The Bertz CT molecular complexity index is 904. The summed E-state index contributed by atoms with van der Waals surface area (Å²) in [6.45, 7) is 6.44. The molecule has 4 heterocycles. The van der Waals surface area contributed by atoms with Crippen LogP contribution in [0.3, 0.4) is 0 Å². The maximum absolute atomic E-state index is 13.0. The molecule has 0 aliphatic carbocycles. The minimum Gasteiger partial charge on any atom is -0.464 e. The van der Waals surface area contributed by atoms with Crippen LogP contribution in [-0.4, -0.2) is 46.3 Å². The fraction of sp³-hybridized carbons (Fsp3) is 0.591. The number of hydrogen-bond donors (Lipinski definition) is 1. The highest BCUT2D eigenvalue weighted by molar-refractivity contribution is 5.89.